The molecule has 1 aliphatic carbocycles. The lowest BCUT2D eigenvalue weighted by atomic mass is 9.69. The third kappa shape index (κ3) is 2.22. The SMILES string of the molecule is COc1ccc(C2(N)C(=O)C(N)c3c(C(=O)O)sc4c(N)ccc2c34)c(C)c1. The minimum atomic E-state index is -1.52. The Morgan fingerprint density at radius 1 is 1.25 bits per heavy atom. The Morgan fingerprint density at radius 2 is 1.93 bits per heavy atom. The summed E-state index contributed by atoms with van der Waals surface area (Å²) in [5.41, 5.74) is 20.2. The molecule has 0 saturated carbocycles. The lowest BCUT2D eigenvalue weighted by Gasteiger charge is -2.37. The molecule has 0 bridgehead atoms. The number of methoxy groups -OCH3 is 1. The number of ketones is 1. The summed E-state index contributed by atoms with van der Waals surface area (Å²) in [6.45, 7) is 1.84. The third-order valence-electron chi connectivity index (χ3n) is 5.37. The number of Topliss-reactive ketones (excluding diaryl/α,β-unsaturated/α-hetero) is 1. The van der Waals surface area contributed by atoms with Crippen molar-refractivity contribution >= 4 is 38.9 Å². The minimum absolute atomic E-state index is 0.0171. The molecule has 1 aromatic heterocycles. The molecule has 2 unspecified atom stereocenters. The topological polar surface area (TPSA) is 142 Å². The maximum absolute atomic E-state index is 13.4. The van der Waals surface area contributed by atoms with E-state index in [1.54, 1.807) is 37.4 Å². The van der Waals surface area contributed by atoms with Gasteiger partial charge >= 0.3 is 5.97 Å². The Morgan fingerprint density at radius 3 is 2.54 bits per heavy atom. The Balaban J connectivity index is 2.12. The van der Waals surface area contributed by atoms with E-state index < -0.39 is 23.3 Å². The van der Waals surface area contributed by atoms with Crippen molar-refractivity contribution in [2.45, 2.75) is 18.5 Å². The van der Waals surface area contributed by atoms with Gasteiger partial charge in [-0.15, -0.1) is 11.3 Å². The van der Waals surface area contributed by atoms with Crippen LogP contribution >= 0.6 is 11.3 Å². The predicted molar refractivity (Wildman–Crippen MR) is 108 cm³/mol. The summed E-state index contributed by atoms with van der Waals surface area (Å²) in [6.07, 6.45) is 0. The number of aryl methyl sites for hydroxylation is 1. The molecule has 3 aromatic rings. The van der Waals surface area contributed by atoms with Crippen LogP contribution in [0, 0.1) is 6.92 Å². The average Bonchev–Trinajstić information content (AvgIpc) is 3.07. The van der Waals surface area contributed by atoms with Crippen LogP contribution in [0.1, 0.15) is 38.0 Å². The van der Waals surface area contributed by atoms with E-state index in [9.17, 15) is 14.7 Å². The highest BCUT2D eigenvalue weighted by atomic mass is 32.1. The van der Waals surface area contributed by atoms with Gasteiger partial charge in [-0.1, -0.05) is 12.1 Å². The molecule has 1 heterocycles. The predicted octanol–water partition coefficient (Wildman–Crippen LogP) is 2.28. The van der Waals surface area contributed by atoms with Crippen molar-refractivity contribution in [1.82, 2.24) is 0 Å². The minimum Gasteiger partial charge on any atom is -0.497 e. The average molecular weight is 397 g/mol. The molecule has 8 heteroatoms. The number of carboxylic acid groups (broad SMARTS) is 1. The molecule has 7 N–H and O–H groups in total. The van der Waals surface area contributed by atoms with Gasteiger partial charge in [-0.05, 0) is 41.8 Å². The summed E-state index contributed by atoms with van der Waals surface area (Å²) < 4.78 is 5.82. The van der Waals surface area contributed by atoms with Crippen LogP contribution in [0.3, 0.4) is 0 Å². The van der Waals surface area contributed by atoms with Gasteiger partial charge in [0, 0.05) is 16.6 Å². The van der Waals surface area contributed by atoms with Gasteiger partial charge in [0.1, 0.15) is 16.2 Å². The van der Waals surface area contributed by atoms with E-state index in [1.165, 1.54) is 0 Å². The largest absolute Gasteiger partial charge is 0.497 e. The fraction of sp³-hybridized carbons (Fsp3) is 0.200. The fourth-order valence-corrected chi connectivity index (χ4v) is 5.16. The molecule has 0 saturated heterocycles. The van der Waals surface area contributed by atoms with E-state index in [0.29, 0.717) is 32.6 Å². The van der Waals surface area contributed by atoms with Gasteiger partial charge < -0.3 is 27.0 Å². The van der Waals surface area contributed by atoms with E-state index in [4.69, 9.17) is 21.9 Å². The number of carbonyl (C=O) groups excluding carboxylic acids is 1. The molecular formula is C20H19N3O4S. The summed E-state index contributed by atoms with van der Waals surface area (Å²) in [5.74, 6) is -0.959. The van der Waals surface area contributed by atoms with Crippen molar-refractivity contribution in [3.63, 3.8) is 0 Å². The molecule has 0 spiro atoms. The number of anilines is 1. The lowest BCUT2D eigenvalue weighted by molar-refractivity contribution is -0.124. The number of benzene rings is 2. The Hall–Kier alpha value is -2.94. The standard InChI is InChI=1S/C20H19N3O4S/c1-8-7-9(27-2)3-4-10(8)20(23)11-5-6-12(21)16-13(11)14(15(22)18(20)24)17(28-16)19(25)26/h3-7,15H,21-23H2,1-2H3,(H,25,26). The summed E-state index contributed by atoms with van der Waals surface area (Å²) in [5, 5.41) is 10.2. The van der Waals surface area contributed by atoms with E-state index in [2.05, 4.69) is 0 Å². The maximum Gasteiger partial charge on any atom is 0.346 e. The van der Waals surface area contributed by atoms with E-state index >= 15 is 0 Å². The molecule has 2 aromatic carbocycles. The van der Waals surface area contributed by atoms with Crippen molar-refractivity contribution in [2.75, 3.05) is 12.8 Å². The number of carbonyl (C=O) groups is 2. The number of aromatic carboxylic acids is 1. The first kappa shape index (κ1) is 18.4. The normalized spacial score (nSPS) is 21.1. The van der Waals surface area contributed by atoms with Crippen molar-refractivity contribution in [3.05, 3.63) is 57.5 Å². The number of carboxylic acids is 1. The van der Waals surface area contributed by atoms with Crippen molar-refractivity contribution in [1.29, 1.82) is 0 Å². The number of hydrogen-bond donors (Lipinski definition) is 4. The van der Waals surface area contributed by atoms with Gasteiger partial charge in [-0.2, -0.15) is 0 Å². The van der Waals surface area contributed by atoms with Gasteiger partial charge in [0.2, 0.25) is 0 Å². The van der Waals surface area contributed by atoms with Crippen LogP contribution in [0.15, 0.2) is 30.3 Å². The number of nitrogen functional groups attached to an aromatic ring is 1. The Kier molecular flexibility index (Phi) is 3.97. The van der Waals surface area contributed by atoms with E-state index in [0.717, 1.165) is 16.9 Å². The van der Waals surface area contributed by atoms with Crippen LogP contribution in [-0.4, -0.2) is 24.0 Å². The molecular weight excluding hydrogens is 378 g/mol. The van der Waals surface area contributed by atoms with Crippen molar-refractivity contribution < 1.29 is 19.4 Å². The monoisotopic (exact) mass is 397 g/mol. The van der Waals surface area contributed by atoms with Gasteiger partial charge in [0.05, 0.1) is 17.9 Å². The fourth-order valence-electron chi connectivity index (χ4n) is 4.02. The second-order valence-corrected chi connectivity index (χ2v) is 7.91. The number of hydrogen-bond acceptors (Lipinski definition) is 7. The number of thiophene rings is 1. The van der Waals surface area contributed by atoms with Crippen LogP contribution in [-0.2, 0) is 10.3 Å². The molecule has 4 rings (SSSR count). The zero-order valence-electron chi connectivity index (χ0n) is 15.3. The molecule has 0 radical (unpaired) electrons. The van der Waals surface area contributed by atoms with Crippen LogP contribution in [0.2, 0.25) is 0 Å². The van der Waals surface area contributed by atoms with Crippen LogP contribution in [0.25, 0.3) is 10.1 Å². The quantitative estimate of drug-likeness (QED) is 0.497. The second-order valence-electron chi connectivity index (χ2n) is 6.89. The zero-order valence-corrected chi connectivity index (χ0v) is 16.1. The molecule has 2 atom stereocenters. The van der Waals surface area contributed by atoms with Crippen molar-refractivity contribution in [3.8, 4) is 5.75 Å². The molecule has 0 aliphatic heterocycles. The second kappa shape index (κ2) is 6.03. The summed E-state index contributed by atoms with van der Waals surface area (Å²) >= 11 is 1.02. The zero-order chi connectivity index (χ0) is 20.4. The van der Waals surface area contributed by atoms with Crippen molar-refractivity contribution in [2.24, 2.45) is 11.5 Å². The van der Waals surface area contributed by atoms with Crippen LogP contribution < -0.4 is 21.9 Å². The highest BCUT2D eigenvalue weighted by Crippen LogP contribution is 2.49. The lowest BCUT2D eigenvalue weighted by Crippen LogP contribution is -2.52. The van der Waals surface area contributed by atoms with Gasteiger partial charge in [-0.3, -0.25) is 4.79 Å². The van der Waals surface area contributed by atoms with E-state index in [-0.39, 0.29) is 10.4 Å². The third-order valence-corrected chi connectivity index (χ3v) is 6.61. The molecule has 0 amide bonds. The number of ether oxygens (including phenoxy) is 1. The number of nitrogens with two attached hydrogens (primary N) is 3. The van der Waals surface area contributed by atoms with Gasteiger partial charge in [0.15, 0.2) is 5.78 Å². The maximum atomic E-state index is 13.4. The van der Waals surface area contributed by atoms with Crippen LogP contribution in [0.5, 0.6) is 5.75 Å². The molecule has 0 fully saturated rings. The molecule has 1 aliphatic rings. The van der Waals surface area contributed by atoms with Crippen LogP contribution in [0.4, 0.5) is 5.69 Å². The number of rotatable bonds is 3. The highest BCUT2D eigenvalue weighted by molar-refractivity contribution is 7.21. The van der Waals surface area contributed by atoms with E-state index in [1.807, 2.05) is 6.92 Å². The Labute approximate surface area is 164 Å². The first-order valence-electron chi connectivity index (χ1n) is 8.54. The first-order valence-corrected chi connectivity index (χ1v) is 9.36. The smallest absolute Gasteiger partial charge is 0.346 e. The Bertz CT molecular complexity index is 1170. The van der Waals surface area contributed by atoms with Gasteiger partial charge in [0.25, 0.3) is 0 Å². The summed E-state index contributed by atoms with van der Waals surface area (Å²) in [6, 6.07) is 7.44. The summed E-state index contributed by atoms with van der Waals surface area (Å²) in [7, 11) is 1.56. The molecule has 28 heavy (non-hydrogen) atoms. The molecule has 7 nitrogen and oxygen atoms in total. The highest BCUT2D eigenvalue weighted by Gasteiger charge is 2.49. The van der Waals surface area contributed by atoms with Gasteiger partial charge in [-0.25, -0.2) is 4.79 Å². The summed E-state index contributed by atoms with van der Waals surface area (Å²) in [4.78, 5) is 25.2. The molecule has 144 valence electrons. The first-order chi connectivity index (χ1) is 13.2.